The van der Waals surface area contributed by atoms with E-state index in [1.54, 1.807) is 0 Å². The predicted molar refractivity (Wildman–Crippen MR) is 108 cm³/mol. The van der Waals surface area contributed by atoms with Crippen molar-refractivity contribution in [1.29, 1.82) is 0 Å². The lowest BCUT2D eigenvalue weighted by Gasteiger charge is -2.32. The number of thioether (sulfide) groups is 1. The molecule has 1 N–H and O–H groups in total. The summed E-state index contributed by atoms with van der Waals surface area (Å²) in [6, 6.07) is 8.71. The van der Waals surface area contributed by atoms with Crippen molar-refractivity contribution in [3.05, 3.63) is 29.8 Å². The van der Waals surface area contributed by atoms with E-state index in [2.05, 4.69) is 36.1 Å². The predicted octanol–water partition coefficient (Wildman–Crippen LogP) is 4.99. The van der Waals surface area contributed by atoms with E-state index in [1.165, 1.54) is 54.7 Å². The van der Waals surface area contributed by atoms with Gasteiger partial charge in [0.2, 0.25) is 0 Å². The first-order valence-corrected chi connectivity index (χ1v) is 11.0. The summed E-state index contributed by atoms with van der Waals surface area (Å²) >= 11 is 1.93. The van der Waals surface area contributed by atoms with Gasteiger partial charge in [-0.1, -0.05) is 51.2 Å². The molecule has 1 unspecified atom stereocenters. The van der Waals surface area contributed by atoms with Gasteiger partial charge in [-0.2, -0.15) is 0 Å². The van der Waals surface area contributed by atoms with E-state index >= 15 is 0 Å². The number of carboxylic acids is 1. The Bertz CT molecular complexity index is 520. The van der Waals surface area contributed by atoms with E-state index in [9.17, 15) is 4.79 Å². The Morgan fingerprint density at radius 2 is 1.92 bits per heavy atom. The fraction of sp³-hybridized carbons (Fsp3) is 0.667. The number of aliphatic carboxylic acids is 1. The second kappa shape index (κ2) is 12.4. The Kier molecular flexibility index (Phi) is 10.1. The van der Waals surface area contributed by atoms with E-state index in [0.29, 0.717) is 13.2 Å². The minimum Gasteiger partial charge on any atom is -0.481 e. The Labute approximate surface area is 162 Å². The van der Waals surface area contributed by atoms with Crippen LogP contribution in [-0.4, -0.2) is 48.0 Å². The second-order valence-corrected chi connectivity index (χ2v) is 8.16. The molecule has 1 heterocycles. The molecular weight excluding hydrogens is 346 g/mol. The van der Waals surface area contributed by atoms with Gasteiger partial charge in [-0.15, -0.1) is 11.8 Å². The highest BCUT2D eigenvalue weighted by Crippen LogP contribution is 2.26. The average Bonchev–Trinajstić information content (AvgIpc) is 2.66. The van der Waals surface area contributed by atoms with Gasteiger partial charge in [0.15, 0.2) is 0 Å². The van der Waals surface area contributed by atoms with Crippen LogP contribution < -0.4 is 0 Å². The normalized spacial score (nSPS) is 18.1. The molecule has 0 radical (unpaired) electrons. The summed E-state index contributed by atoms with van der Waals surface area (Å²) in [6.07, 6.45) is 8.30. The summed E-state index contributed by atoms with van der Waals surface area (Å²) in [5, 5.41) is 8.84. The molecule has 0 aromatic heterocycles. The van der Waals surface area contributed by atoms with Gasteiger partial charge in [-0.3, -0.25) is 9.69 Å². The zero-order valence-corrected chi connectivity index (χ0v) is 16.8. The van der Waals surface area contributed by atoms with Gasteiger partial charge in [0.1, 0.15) is 0 Å². The van der Waals surface area contributed by atoms with Crippen LogP contribution in [0.5, 0.6) is 0 Å². The molecule has 1 aliphatic heterocycles. The summed E-state index contributed by atoms with van der Waals surface area (Å²) in [6.45, 7) is 5.11. The lowest BCUT2D eigenvalue weighted by atomic mass is 10.1. The molecule has 0 bridgehead atoms. The largest absolute Gasteiger partial charge is 0.481 e. The van der Waals surface area contributed by atoms with Gasteiger partial charge in [0, 0.05) is 24.5 Å². The van der Waals surface area contributed by atoms with Crippen LogP contribution in [0.25, 0.3) is 0 Å². The monoisotopic (exact) mass is 379 g/mol. The maximum atomic E-state index is 10.7. The SMILES string of the molecule is CCCCCCCCSc1ccc(C2CN(CCC(=O)O)CCO2)cc1. The van der Waals surface area contributed by atoms with Crippen molar-refractivity contribution in [2.24, 2.45) is 0 Å². The Hall–Kier alpha value is -1.04. The summed E-state index contributed by atoms with van der Waals surface area (Å²) < 4.78 is 5.89. The van der Waals surface area contributed by atoms with E-state index in [0.717, 1.165) is 13.1 Å². The van der Waals surface area contributed by atoms with Crippen LogP contribution >= 0.6 is 11.8 Å². The molecule has 0 aliphatic carbocycles. The van der Waals surface area contributed by atoms with Crippen molar-refractivity contribution < 1.29 is 14.6 Å². The van der Waals surface area contributed by atoms with Gasteiger partial charge >= 0.3 is 5.97 Å². The summed E-state index contributed by atoms with van der Waals surface area (Å²) in [5.41, 5.74) is 1.19. The lowest BCUT2D eigenvalue weighted by molar-refractivity contribution is -0.137. The third-order valence-electron chi connectivity index (χ3n) is 4.81. The molecule has 26 heavy (non-hydrogen) atoms. The smallest absolute Gasteiger partial charge is 0.304 e. The summed E-state index contributed by atoms with van der Waals surface area (Å²) in [4.78, 5) is 14.2. The number of carbonyl (C=O) groups is 1. The van der Waals surface area contributed by atoms with Crippen LogP contribution in [0, 0.1) is 0 Å². The second-order valence-electron chi connectivity index (χ2n) is 6.99. The first-order chi connectivity index (χ1) is 12.7. The number of hydrogen-bond acceptors (Lipinski definition) is 4. The van der Waals surface area contributed by atoms with Gasteiger partial charge in [-0.05, 0) is 29.9 Å². The van der Waals surface area contributed by atoms with E-state index in [4.69, 9.17) is 9.84 Å². The molecule has 5 heteroatoms. The number of benzene rings is 1. The minimum absolute atomic E-state index is 0.0511. The molecule has 1 aliphatic rings. The fourth-order valence-corrected chi connectivity index (χ4v) is 4.12. The molecule has 1 aromatic rings. The fourth-order valence-electron chi connectivity index (χ4n) is 3.21. The molecule has 2 rings (SSSR count). The standard InChI is InChI=1S/C21H33NO3S/c1-2-3-4-5-6-7-16-26-19-10-8-18(9-11-19)20-17-22(14-15-25-20)13-12-21(23)24/h8-11,20H,2-7,12-17H2,1H3,(H,23,24). The van der Waals surface area contributed by atoms with Crippen LogP contribution in [0.1, 0.15) is 63.5 Å². The van der Waals surface area contributed by atoms with Gasteiger partial charge in [0.05, 0.1) is 19.1 Å². The molecule has 1 fully saturated rings. The molecule has 1 atom stereocenters. The summed E-state index contributed by atoms with van der Waals surface area (Å²) in [7, 11) is 0. The van der Waals surface area contributed by atoms with Crippen molar-refractivity contribution in [3.63, 3.8) is 0 Å². The van der Waals surface area contributed by atoms with Crippen LogP contribution in [0.3, 0.4) is 0 Å². The van der Waals surface area contributed by atoms with Gasteiger partial charge in [0.25, 0.3) is 0 Å². The third kappa shape index (κ3) is 8.11. The highest BCUT2D eigenvalue weighted by Gasteiger charge is 2.22. The van der Waals surface area contributed by atoms with Crippen molar-refractivity contribution in [2.45, 2.75) is 62.9 Å². The van der Waals surface area contributed by atoms with Crippen LogP contribution in [-0.2, 0) is 9.53 Å². The lowest BCUT2D eigenvalue weighted by Crippen LogP contribution is -2.39. The van der Waals surface area contributed by atoms with Crippen molar-refractivity contribution in [3.8, 4) is 0 Å². The van der Waals surface area contributed by atoms with Gasteiger partial charge in [-0.25, -0.2) is 0 Å². The number of unbranched alkanes of at least 4 members (excludes halogenated alkanes) is 5. The number of rotatable bonds is 12. The summed E-state index contributed by atoms with van der Waals surface area (Å²) in [5.74, 6) is 0.453. The topological polar surface area (TPSA) is 49.8 Å². The minimum atomic E-state index is -0.736. The third-order valence-corrected chi connectivity index (χ3v) is 5.91. The quantitative estimate of drug-likeness (QED) is 0.410. The Balaban J connectivity index is 1.70. The molecule has 0 saturated carbocycles. The Morgan fingerprint density at radius 3 is 2.65 bits per heavy atom. The molecule has 1 saturated heterocycles. The number of ether oxygens (including phenoxy) is 1. The van der Waals surface area contributed by atoms with Crippen LogP contribution in [0.2, 0.25) is 0 Å². The zero-order chi connectivity index (χ0) is 18.6. The highest BCUT2D eigenvalue weighted by atomic mass is 32.2. The van der Waals surface area contributed by atoms with Crippen molar-refractivity contribution >= 4 is 17.7 Å². The van der Waals surface area contributed by atoms with E-state index in [-0.39, 0.29) is 12.5 Å². The van der Waals surface area contributed by atoms with Crippen LogP contribution in [0.4, 0.5) is 0 Å². The molecule has 1 aromatic carbocycles. The molecular formula is C21H33NO3S. The van der Waals surface area contributed by atoms with E-state index in [1.807, 2.05) is 11.8 Å². The number of morpholine rings is 1. The van der Waals surface area contributed by atoms with Crippen molar-refractivity contribution in [1.82, 2.24) is 4.90 Å². The molecule has 4 nitrogen and oxygen atoms in total. The average molecular weight is 380 g/mol. The molecule has 146 valence electrons. The zero-order valence-electron chi connectivity index (χ0n) is 16.0. The molecule has 0 spiro atoms. The Morgan fingerprint density at radius 1 is 1.19 bits per heavy atom. The van der Waals surface area contributed by atoms with Gasteiger partial charge < -0.3 is 9.84 Å². The number of carboxylic acid groups (broad SMARTS) is 1. The van der Waals surface area contributed by atoms with Crippen LogP contribution in [0.15, 0.2) is 29.2 Å². The van der Waals surface area contributed by atoms with Crippen molar-refractivity contribution in [2.75, 3.05) is 32.0 Å². The maximum Gasteiger partial charge on any atom is 0.304 e. The number of nitrogens with zero attached hydrogens (tertiary/aromatic N) is 1. The first kappa shape index (κ1) is 21.3. The number of hydrogen-bond donors (Lipinski definition) is 1. The highest BCUT2D eigenvalue weighted by molar-refractivity contribution is 7.99. The van der Waals surface area contributed by atoms with E-state index < -0.39 is 5.97 Å². The maximum absolute atomic E-state index is 10.7. The molecule has 0 amide bonds. The first-order valence-electron chi connectivity index (χ1n) is 9.97.